The first-order chi connectivity index (χ1) is 24.2. The highest BCUT2D eigenvalue weighted by molar-refractivity contribution is 6.42. The molecule has 0 saturated carbocycles. The van der Waals surface area contributed by atoms with Gasteiger partial charge in [0.25, 0.3) is 11.1 Å². The Morgan fingerprint density at radius 3 is 1.24 bits per heavy atom. The Morgan fingerprint density at radius 1 is 0.510 bits per heavy atom. The van der Waals surface area contributed by atoms with Crippen LogP contribution >= 0.6 is 0 Å². The van der Waals surface area contributed by atoms with Gasteiger partial charge in [-0.2, -0.15) is 26.3 Å². The summed E-state index contributed by atoms with van der Waals surface area (Å²) < 4.78 is 88.7. The molecule has 0 unspecified atom stereocenters. The zero-order valence-corrected chi connectivity index (χ0v) is 30.8. The fourth-order valence-corrected chi connectivity index (χ4v) is 9.33. The molecule has 0 saturated heterocycles. The molecule has 0 aliphatic rings. The van der Waals surface area contributed by atoms with E-state index in [2.05, 4.69) is 0 Å². The molecule has 9 nitrogen and oxygen atoms in total. The first kappa shape index (κ1) is 39.6. The molecular formula is C34H40F6N4O5Si2. The van der Waals surface area contributed by atoms with Gasteiger partial charge >= 0.3 is 23.7 Å². The molecule has 0 spiro atoms. The van der Waals surface area contributed by atoms with Gasteiger partial charge in [-0.15, -0.1) is 0 Å². The number of aromatic nitrogens is 4. The highest BCUT2D eigenvalue weighted by Gasteiger charge is 2.32. The van der Waals surface area contributed by atoms with Crippen molar-refractivity contribution in [2.24, 2.45) is 0 Å². The molecule has 4 aromatic rings. The van der Waals surface area contributed by atoms with E-state index in [0.717, 1.165) is 46.2 Å². The van der Waals surface area contributed by atoms with E-state index < -0.39 is 67.5 Å². The maximum absolute atomic E-state index is 13.3. The minimum absolute atomic E-state index is 0.0151. The van der Waals surface area contributed by atoms with Crippen molar-refractivity contribution >= 4 is 19.5 Å². The number of hydrogen-bond acceptors (Lipinski definition) is 5. The third-order valence-electron chi connectivity index (χ3n) is 8.21. The summed E-state index contributed by atoms with van der Waals surface area (Å²) in [5.74, 6) is 0. The van der Waals surface area contributed by atoms with Crippen molar-refractivity contribution in [2.45, 2.75) is 89.1 Å². The molecule has 4 rings (SSSR count). The average molecular weight is 755 g/mol. The Bertz CT molecular complexity index is 1820. The molecule has 0 aliphatic carbocycles. The van der Waals surface area contributed by atoms with Gasteiger partial charge in [0, 0.05) is 25.2 Å². The third-order valence-corrected chi connectivity index (χ3v) is 12.1. The van der Waals surface area contributed by atoms with Crippen LogP contribution in [0.25, 0.3) is 22.5 Å². The van der Waals surface area contributed by atoms with Crippen LogP contribution in [-0.4, -0.2) is 50.1 Å². The van der Waals surface area contributed by atoms with E-state index in [1.807, 2.05) is 0 Å². The second-order valence-electron chi connectivity index (χ2n) is 12.2. The lowest BCUT2D eigenvalue weighted by molar-refractivity contribution is -0.142. The van der Waals surface area contributed by atoms with Gasteiger partial charge in [0.1, 0.15) is 32.6 Å². The molecule has 0 atom stereocenters. The van der Waals surface area contributed by atoms with Gasteiger partial charge in [0.15, 0.2) is 0 Å². The van der Waals surface area contributed by atoms with Crippen LogP contribution in [0.5, 0.6) is 0 Å². The lowest BCUT2D eigenvalue weighted by Gasteiger charge is -2.17. The Morgan fingerprint density at radius 2 is 0.882 bits per heavy atom. The summed E-state index contributed by atoms with van der Waals surface area (Å²) in [7, 11) is -1.55. The van der Waals surface area contributed by atoms with Crippen LogP contribution in [0.4, 0.5) is 26.3 Å². The van der Waals surface area contributed by atoms with Crippen molar-refractivity contribution in [3.8, 4) is 22.5 Å². The van der Waals surface area contributed by atoms with E-state index in [-0.39, 0.29) is 24.5 Å². The van der Waals surface area contributed by atoms with Gasteiger partial charge < -0.3 is 4.12 Å². The maximum atomic E-state index is 13.3. The zero-order valence-electron chi connectivity index (χ0n) is 27.9. The van der Waals surface area contributed by atoms with Crippen LogP contribution in [0, 0.1) is 0 Å². The molecule has 2 heterocycles. The van der Waals surface area contributed by atoms with Crippen LogP contribution in [-0.2, 0) is 30.3 Å². The molecule has 276 valence electrons. The Hall–Kier alpha value is -4.23. The summed E-state index contributed by atoms with van der Waals surface area (Å²) in [5.41, 5.74) is -2.74. The fraction of sp³-hybridized carbons (Fsp3) is 0.412. The largest absolute Gasteiger partial charge is 0.465 e. The van der Waals surface area contributed by atoms with Crippen molar-refractivity contribution in [3.05, 3.63) is 114 Å². The predicted octanol–water partition coefficient (Wildman–Crippen LogP) is 4.85. The van der Waals surface area contributed by atoms with Gasteiger partial charge in [-0.1, -0.05) is 86.3 Å². The SMILES string of the molecule is O=c1cc(-c2ccccc2)n(CC(F)(F)F)c(=O)n1CCCCC[SiH2]O[SiH2]CCCCCn1c(=O)cc(-c2ccccc2)n(CC(F)(F)F)c1=O. The molecule has 2 aromatic heterocycles. The monoisotopic (exact) mass is 754 g/mol. The van der Waals surface area contributed by atoms with E-state index in [0.29, 0.717) is 45.9 Å². The standard InChI is InChI=1S/C34H40F6N4O5Si2/c35-33(36,37)23-43-27(25-13-5-1-6-14-25)21-29(45)41(31(43)47)17-9-3-11-19-50-49-51-20-12-4-10-18-42-30(46)22-28(26-15-7-2-8-16-26)44(32(42)48)24-34(38,39)40/h1-2,5-8,13-16,21-22H,3-4,9-12,17-20,23-24,50-51H2. The van der Waals surface area contributed by atoms with Crippen LogP contribution < -0.4 is 22.5 Å². The zero-order chi connectivity index (χ0) is 37.0. The molecule has 0 N–H and O–H groups in total. The molecule has 0 amide bonds. The van der Waals surface area contributed by atoms with Gasteiger partial charge in [0.05, 0.1) is 11.4 Å². The number of halogens is 6. The van der Waals surface area contributed by atoms with Crippen LogP contribution in [0.15, 0.2) is 92.0 Å². The number of nitrogens with zero attached hydrogens (tertiary/aromatic N) is 4. The van der Waals surface area contributed by atoms with Crippen molar-refractivity contribution in [1.29, 1.82) is 0 Å². The summed E-state index contributed by atoms with van der Waals surface area (Å²) >= 11 is 0. The highest BCUT2D eigenvalue weighted by atomic mass is 28.3. The van der Waals surface area contributed by atoms with Crippen molar-refractivity contribution in [1.82, 2.24) is 18.3 Å². The first-order valence-electron chi connectivity index (χ1n) is 16.8. The van der Waals surface area contributed by atoms with Gasteiger partial charge in [-0.05, 0) is 36.1 Å². The van der Waals surface area contributed by atoms with Crippen LogP contribution in [0.3, 0.4) is 0 Å². The molecule has 51 heavy (non-hydrogen) atoms. The first-order valence-corrected chi connectivity index (χ1v) is 19.9. The van der Waals surface area contributed by atoms with E-state index in [1.54, 1.807) is 60.7 Å². The van der Waals surface area contributed by atoms with E-state index in [1.165, 1.54) is 0 Å². The van der Waals surface area contributed by atoms with E-state index in [9.17, 15) is 45.5 Å². The van der Waals surface area contributed by atoms with Gasteiger partial charge in [-0.3, -0.25) is 27.9 Å². The quantitative estimate of drug-likeness (QED) is 0.0823. The fourth-order valence-electron chi connectivity index (χ4n) is 5.76. The second-order valence-corrected chi connectivity index (χ2v) is 16.0. The summed E-state index contributed by atoms with van der Waals surface area (Å²) in [4.78, 5) is 51.3. The molecular weight excluding hydrogens is 715 g/mol. The van der Waals surface area contributed by atoms with Crippen LogP contribution in [0.1, 0.15) is 38.5 Å². The van der Waals surface area contributed by atoms with E-state index >= 15 is 0 Å². The summed E-state index contributed by atoms with van der Waals surface area (Å²) in [5, 5.41) is 0. The number of benzene rings is 2. The van der Waals surface area contributed by atoms with Crippen molar-refractivity contribution < 1.29 is 30.5 Å². The molecule has 0 fully saturated rings. The molecule has 0 radical (unpaired) electrons. The number of unbranched alkanes of at least 4 members (excludes halogenated alkanes) is 4. The molecule has 2 aromatic carbocycles. The molecule has 0 bridgehead atoms. The lowest BCUT2D eigenvalue weighted by Crippen LogP contribution is -2.42. The summed E-state index contributed by atoms with van der Waals surface area (Å²) in [6, 6.07) is 19.9. The normalized spacial score (nSPS) is 12.5. The molecule has 0 aliphatic heterocycles. The minimum Gasteiger partial charge on any atom is -0.465 e. The lowest BCUT2D eigenvalue weighted by atomic mass is 10.1. The van der Waals surface area contributed by atoms with Gasteiger partial charge in [-0.25, -0.2) is 9.59 Å². The summed E-state index contributed by atoms with van der Waals surface area (Å²) in [6.45, 7) is -2.97. The predicted molar refractivity (Wildman–Crippen MR) is 188 cm³/mol. The van der Waals surface area contributed by atoms with Crippen molar-refractivity contribution in [2.75, 3.05) is 0 Å². The third kappa shape index (κ3) is 11.9. The highest BCUT2D eigenvalue weighted by Crippen LogP contribution is 2.23. The number of hydrogen-bond donors (Lipinski definition) is 0. The summed E-state index contributed by atoms with van der Waals surface area (Å²) in [6.07, 6.45) is -5.41. The number of rotatable bonds is 18. The smallest absolute Gasteiger partial charge is 0.406 e. The van der Waals surface area contributed by atoms with Gasteiger partial charge in [0.2, 0.25) is 0 Å². The Labute approximate surface area is 294 Å². The average Bonchev–Trinajstić information content (AvgIpc) is 3.08. The van der Waals surface area contributed by atoms with Crippen LogP contribution in [0.2, 0.25) is 12.1 Å². The second kappa shape index (κ2) is 18.3. The topological polar surface area (TPSA) is 97.2 Å². The Kier molecular flexibility index (Phi) is 14.2. The van der Waals surface area contributed by atoms with E-state index in [4.69, 9.17) is 4.12 Å². The minimum atomic E-state index is -4.64. The Balaban J connectivity index is 1.16. The number of alkyl halides is 6. The maximum Gasteiger partial charge on any atom is 0.406 e. The van der Waals surface area contributed by atoms with Crippen molar-refractivity contribution in [3.63, 3.8) is 0 Å². The molecule has 17 heteroatoms.